The number of carboxylic acid groups (broad SMARTS) is 1. The number of aromatic carboxylic acids is 1. The normalized spacial score (nSPS) is 11.7. The molecule has 1 aromatic heterocycles. The summed E-state index contributed by atoms with van der Waals surface area (Å²) in [6, 6.07) is 0.997. The van der Waals surface area contributed by atoms with Crippen LogP contribution in [0, 0.1) is 0 Å². The molecule has 0 radical (unpaired) electrons. The molecule has 7 heteroatoms. The molecule has 0 aromatic carbocycles. The van der Waals surface area contributed by atoms with Crippen molar-refractivity contribution in [1.29, 1.82) is 0 Å². The molecule has 0 aliphatic carbocycles. The molecular weight excluding hydrogens is 266 g/mol. The molecule has 1 rings (SSSR count). The number of pyridine rings is 1. The Morgan fingerprint density at radius 1 is 1.47 bits per heavy atom. The Hall–Kier alpha value is -1.76. The van der Waals surface area contributed by atoms with Crippen LogP contribution >= 0.6 is 11.8 Å². The molecule has 1 unspecified atom stereocenters. The Morgan fingerprint density at radius 3 is 2.84 bits per heavy atom. The highest BCUT2D eigenvalue weighted by molar-refractivity contribution is 7.99. The third-order valence-corrected chi connectivity index (χ3v) is 3.52. The summed E-state index contributed by atoms with van der Waals surface area (Å²) in [6.45, 7) is 2.66. The van der Waals surface area contributed by atoms with Gasteiger partial charge in [0.1, 0.15) is 0 Å². The number of carbonyl (C=O) groups is 2. The summed E-state index contributed by atoms with van der Waals surface area (Å²) in [5.74, 6) is -1.08. The SMILES string of the molecule is CSC(C)CCNC(=O)Nc1cncc(C(=O)O)c1. The van der Waals surface area contributed by atoms with Crippen LogP contribution < -0.4 is 10.6 Å². The number of hydrogen-bond acceptors (Lipinski definition) is 4. The summed E-state index contributed by atoms with van der Waals surface area (Å²) in [5.41, 5.74) is 0.393. The second-order valence-electron chi connectivity index (χ2n) is 3.98. The number of hydrogen-bond donors (Lipinski definition) is 3. The van der Waals surface area contributed by atoms with E-state index in [1.165, 1.54) is 18.5 Å². The van der Waals surface area contributed by atoms with Gasteiger partial charge >= 0.3 is 12.0 Å². The molecule has 0 saturated carbocycles. The van der Waals surface area contributed by atoms with Gasteiger partial charge in [-0.1, -0.05) is 6.92 Å². The smallest absolute Gasteiger partial charge is 0.337 e. The highest BCUT2D eigenvalue weighted by atomic mass is 32.2. The summed E-state index contributed by atoms with van der Waals surface area (Å²) in [5, 5.41) is 14.5. The fourth-order valence-electron chi connectivity index (χ4n) is 1.31. The summed E-state index contributed by atoms with van der Waals surface area (Å²) >= 11 is 1.74. The fourth-order valence-corrected chi connectivity index (χ4v) is 1.66. The predicted molar refractivity (Wildman–Crippen MR) is 75.8 cm³/mol. The summed E-state index contributed by atoms with van der Waals surface area (Å²) in [4.78, 5) is 26.1. The minimum absolute atomic E-state index is 0.0359. The van der Waals surface area contributed by atoms with Crippen molar-refractivity contribution in [3.05, 3.63) is 24.0 Å². The number of nitrogens with zero attached hydrogens (tertiary/aromatic N) is 1. The average molecular weight is 283 g/mol. The van der Waals surface area contributed by atoms with Gasteiger partial charge in [0.05, 0.1) is 17.4 Å². The Morgan fingerprint density at radius 2 is 2.21 bits per heavy atom. The van der Waals surface area contributed by atoms with Crippen molar-refractivity contribution in [2.45, 2.75) is 18.6 Å². The van der Waals surface area contributed by atoms with Crippen LogP contribution in [0.25, 0.3) is 0 Å². The minimum atomic E-state index is -1.08. The van der Waals surface area contributed by atoms with Crippen LogP contribution in [0.5, 0.6) is 0 Å². The Labute approximate surface area is 116 Å². The second-order valence-corrected chi connectivity index (χ2v) is 5.26. The van der Waals surface area contributed by atoms with E-state index in [9.17, 15) is 9.59 Å². The van der Waals surface area contributed by atoms with Crippen molar-refractivity contribution < 1.29 is 14.7 Å². The third-order valence-electron chi connectivity index (χ3n) is 2.48. The fraction of sp³-hybridized carbons (Fsp3) is 0.417. The van der Waals surface area contributed by atoms with Gasteiger partial charge < -0.3 is 15.7 Å². The highest BCUT2D eigenvalue weighted by Crippen LogP contribution is 2.09. The quantitative estimate of drug-likeness (QED) is 0.743. The maximum absolute atomic E-state index is 11.6. The van der Waals surface area contributed by atoms with E-state index in [2.05, 4.69) is 22.5 Å². The van der Waals surface area contributed by atoms with Crippen LogP contribution in [0.3, 0.4) is 0 Å². The summed E-state index contributed by atoms with van der Waals surface area (Å²) in [6.07, 6.45) is 5.53. The minimum Gasteiger partial charge on any atom is -0.478 e. The van der Waals surface area contributed by atoms with Crippen LogP contribution in [0.15, 0.2) is 18.5 Å². The topological polar surface area (TPSA) is 91.3 Å². The molecule has 19 heavy (non-hydrogen) atoms. The number of anilines is 1. The second kappa shape index (κ2) is 7.63. The van der Waals surface area contributed by atoms with E-state index in [1.807, 2.05) is 6.26 Å². The molecule has 0 fully saturated rings. The van der Waals surface area contributed by atoms with Gasteiger partial charge in [-0.25, -0.2) is 9.59 Å². The maximum atomic E-state index is 11.6. The summed E-state index contributed by atoms with van der Waals surface area (Å²) < 4.78 is 0. The van der Waals surface area contributed by atoms with E-state index in [1.54, 1.807) is 11.8 Å². The first kappa shape index (κ1) is 15.3. The zero-order valence-corrected chi connectivity index (χ0v) is 11.7. The Kier molecular flexibility index (Phi) is 6.14. The first-order valence-electron chi connectivity index (χ1n) is 5.79. The molecule has 3 N–H and O–H groups in total. The van der Waals surface area contributed by atoms with Gasteiger partial charge in [-0.05, 0) is 18.7 Å². The first-order chi connectivity index (χ1) is 9.02. The molecule has 0 bridgehead atoms. The average Bonchev–Trinajstić information content (AvgIpc) is 2.38. The molecule has 1 heterocycles. The monoisotopic (exact) mass is 283 g/mol. The molecular formula is C12H17N3O3S. The number of amides is 2. The van der Waals surface area contributed by atoms with Crippen molar-refractivity contribution >= 4 is 29.4 Å². The molecule has 0 saturated heterocycles. The van der Waals surface area contributed by atoms with Gasteiger partial charge in [-0.15, -0.1) is 0 Å². The van der Waals surface area contributed by atoms with Gasteiger partial charge in [-0.3, -0.25) is 4.98 Å². The zero-order chi connectivity index (χ0) is 14.3. The van der Waals surface area contributed by atoms with E-state index < -0.39 is 5.97 Å². The molecule has 0 spiro atoms. The van der Waals surface area contributed by atoms with Crippen molar-refractivity contribution in [3.8, 4) is 0 Å². The highest BCUT2D eigenvalue weighted by Gasteiger charge is 2.07. The van der Waals surface area contributed by atoms with Crippen molar-refractivity contribution in [2.75, 3.05) is 18.1 Å². The number of urea groups is 1. The van der Waals surface area contributed by atoms with E-state index in [0.717, 1.165) is 6.42 Å². The van der Waals surface area contributed by atoms with Crippen molar-refractivity contribution in [2.24, 2.45) is 0 Å². The maximum Gasteiger partial charge on any atom is 0.337 e. The number of rotatable bonds is 6. The van der Waals surface area contributed by atoms with E-state index in [0.29, 0.717) is 17.5 Å². The van der Waals surface area contributed by atoms with Crippen LogP contribution in [0.2, 0.25) is 0 Å². The molecule has 2 amide bonds. The number of carbonyl (C=O) groups excluding carboxylic acids is 1. The first-order valence-corrected chi connectivity index (χ1v) is 7.07. The van der Waals surface area contributed by atoms with Crippen molar-refractivity contribution in [1.82, 2.24) is 10.3 Å². The van der Waals surface area contributed by atoms with Crippen LogP contribution in [0.1, 0.15) is 23.7 Å². The van der Waals surface area contributed by atoms with Crippen LogP contribution in [-0.4, -0.2) is 40.1 Å². The molecule has 0 aliphatic rings. The molecule has 0 aliphatic heterocycles. The van der Waals surface area contributed by atoms with Gasteiger partial charge in [0.2, 0.25) is 0 Å². The lowest BCUT2D eigenvalue weighted by molar-refractivity contribution is 0.0696. The van der Waals surface area contributed by atoms with Crippen LogP contribution in [0.4, 0.5) is 10.5 Å². The Bertz CT molecular complexity index is 454. The van der Waals surface area contributed by atoms with Crippen molar-refractivity contribution in [3.63, 3.8) is 0 Å². The largest absolute Gasteiger partial charge is 0.478 e. The van der Waals surface area contributed by atoms with Crippen LogP contribution in [-0.2, 0) is 0 Å². The zero-order valence-electron chi connectivity index (χ0n) is 10.8. The van der Waals surface area contributed by atoms with E-state index >= 15 is 0 Å². The predicted octanol–water partition coefficient (Wildman–Crippen LogP) is 2.04. The number of thioether (sulfide) groups is 1. The standard InChI is InChI=1S/C12H17N3O3S/c1-8(19-2)3-4-14-12(18)15-10-5-9(11(16)17)6-13-7-10/h5-8H,3-4H2,1-2H3,(H,16,17)(H2,14,15,18). The summed E-state index contributed by atoms with van der Waals surface area (Å²) in [7, 11) is 0. The Balaban J connectivity index is 2.44. The van der Waals surface area contributed by atoms with E-state index in [-0.39, 0.29) is 11.6 Å². The lowest BCUT2D eigenvalue weighted by Crippen LogP contribution is -2.30. The van der Waals surface area contributed by atoms with Gasteiger partial charge in [0.15, 0.2) is 0 Å². The van der Waals surface area contributed by atoms with E-state index in [4.69, 9.17) is 5.11 Å². The third kappa shape index (κ3) is 5.60. The molecule has 1 atom stereocenters. The number of aromatic nitrogens is 1. The van der Waals surface area contributed by atoms with Gasteiger partial charge in [0, 0.05) is 18.0 Å². The molecule has 104 valence electrons. The molecule has 6 nitrogen and oxygen atoms in total. The number of carboxylic acids is 1. The molecule has 1 aromatic rings. The lowest BCUT2D eigenvalue weighted by atomic mass is 10.2. The van der Waals surface area contributed by atoms with Gasteiger partial charge in [-0.2, -0.15) is 11.8 Å². The van der Waals surface area contributed by atoms with Gasteiger partial charge in [0.25, 0.3) is 0 Å². The number of nitrogens with one attached hydrogen (secondary N) is 2. The lowest BCUT2D eigenvalue weighted by Gasteiger charge is -2.10.